The molecule has 0 bridgehead atoms. The van der Waals surface area contributed by atoms with Gasteiger partial charge in [0, 0.05) is 0 Å². The van der Waals surface area contributed by atoms with Crippen molar-refractivity contribution in [2.24, 2.45) is 0 Å². The smallest absolute Gasteiger partial charge is 0.112 e. The van der Waals surface area contributed by atoms with Gasteiger partial charge >= 0.3 is 0 Å². The minimum absolute atomic E-state index is 0.666. The van der Waals surface area contributed by atoms with Crippen molar-refractivity contribution in [3.8, 4) is 0 Å². The quantitative estimate of drug-likeness (QED) is 0.459. The van der Waals surface area contributed by atoms with Crippen LogP contribution in [0.5, 0.6) is 0 Å². The monoisotopic (exact) mass is 168 g/mol. The van der Waals surface area contributed by atoms with E-state index < -0.39 is 0 Å². The van der Waals surface area contributed by atoms with Crippen LogP contribution in [-0.2, 0) is 4.74 Å². The molecule has 0 spiro atoms. The van der Waals surface area contributed by atoms with Crippen LogP contribution in [0.2, 0.25) is 0 Å². The van der Waals surface area contributed by atoms with Crippen LogP contribution >= 0.6 is 0 Å². The van der Waals surface area contributed by atoms with Gasteiger partial charge in [-0.15, -0.1) is 0 Å². The Labute approximate surface area is 76.4 Å². The molecular weight excluding hydrogens is 148 g/mol. The first kappa shape index (κ1) is 13.6. The number of hydrogen-bond donors (Lipinski definition) is 0. The zero-order chi connectivity index (χ0) is 9.98. The average Bonchev–Trinajstić information content (AvgIpc) is 2.08. The van der Waals surface area contributed by atoms with E-state index in [-0.39, 0.29) is 0 Å². The topological polar surface area (TPSA) is 9.23 Å². The van der Waals surface area contributed by atoms with E-state index in [0.717, 1.165) is 5.57 Å². The normalized spacial score (nSPS) is 9.50. The molecule has 0 aliphatic carbocycles. The molecule has 70 valence electrons. The molecule has 0 aliphatic rings. The third-order valence-electron chi connectivity index (χ3n) is 1.04. The van der Waals surface area contributed by atoms with Crippen molar-refractivity contribution in [1.82, 2.24) is 0 Å². The molecule has 0 rings (SSSR count). The van der Waals surface area contributed by atoms with E-state index in [2.05, 4.69) is 13.2 Å². The Bertz CT molecular complexity index is 154. The molecule has 1 nitrogen and oxygen atoms in total. The van der Waals surface area contributed by atoms with Gasteiger partial charge in [0.1, 0.15) is 5.76 Å². The van der Waals surface area contributed by atoms with E-state index in [9.17, 15) is 0 Å². The van der Waals surface area contributed by atoms with Crippen molar-refractivity contribution < 1.29 is 4.74 Å². The van der Waals surface area contributed by atoms with Crippen molar-refractivity contribution in [3.63, 3.8) is 0 Å². The highest BCUT2D eigenvalue weighted by molar-refractivity contribution is 5.21. The summed E-state index contributed by atoms with van der Waals surface area (Å²) in [5.74, 6) is 0.694. The molecule has 0 fully saturated rings. The van der Waals surface area contributed by atoms with Gasteiger partial charge in [0.25, 0.3) is 0 Å². The summed E-state index contributed by atoms with van der Waals surface area (Å²) in [6.45, 7) is 15.8. The average molecular weight is 168 g/mol. The maximum absolute atomic E-state index is 5.10. The number of rotatable bonds is 4. The SMILES string of the molecule is C=C/C(C)=C\C(=C)OCC.CC. The Morgan fingerprint density at radius 3 is 2.25 bits per heavy atom. The Balaban J connectivity index is 0. The van der Waals surface area contributed by atoms with E-state index in [4.69, 9.17) is 4.74 Å². The fraction of sp³-hybridized carbons (Fsp3) is 0.455. The Kier molecular flexibility index (Phi) is 11.4. The van der Waals surface area contributed by atoms with E-state index in [1.807, 2.05) is 33.8 Å². The van der Waals surface area contributed by atoms with E-state index in [1.54, 1.807) is 6.08 Å². The fourth-order valence-corrected chi connectivity index (χ4v) is 0.540. The summed E-state index contributed by atoms with van der Waals surface area (Å²) in [5.41, 5.74) is 1.07. The van der Waals surface area contributed by atoms with Crippen LogP contribution in [0.3, 0.4) is 0 Å². The zero-order valence-electron chi connectivity index (χ0n) is 8.68. The van der Waals surface area contributed by atoms with Crippen molar-refractivity contribution in [3.05, 3.63) is 36.6 Å². The molecule has 0 aliphatic heterocycles. The number of allylic oxidation sites excluding steroid dienone is 3. The Hall–Kier alpha value is -0.980. The Morgan fingerprint density at radius 2 is 1.92 bits per heavy atom. The summed E-state index contributed by atoms with van der Waals surface area (Å²) in [4.78, 5) is 0. The summed E-state index contributed by atoms with van der Waals surface area (Å²) in [7, 11) is 0. The molecule has 1 heteroatoms. The van der Waals surface area contributed by atoms with Crippen LogP contribution in [0.25, 0.3) is 0 Å². The second-order valence-electron chi connectivity index (χ2n) is 1.99. The van der Waals surface area contributed by atoms with Crippen molar-refractivity contribution in [1.29, 1.82) is 0 Å². The molecule has 12 heavy (non-hydrogen) atoms. The Morgan fingerprint density at radius 1 is 1.42 bits per heavy atom. The van der Waals surface area contributed by atoms with Gasteiger partial charge in [-0.25, -0.2) is 0 Å². The lowest BCUT2D eigenvalue weighted by Crippen LogP contribution is -1.85. The third kappa shape index (κ3) is 9.02. The van der Waals surface area contributed by atoms with E-state index in [0.29, 0.717) is 12.4 Å². The van der Waals surface area contributed by atoms with Crippen LogP contribution in [0, 0.1) is 0 Å². The molecule has 0 aromatic carbocycles. The minimum Gasteiger partial charge on any atom is -0.495 e. The van der Waals surface area contributed by atoms with Gasteiger partial charge in [0.2, 0.25) is 0 Å². The lowest BCUT2D eigenvalue weighted by atomic mass is 10.3. The lowest BCUT2D eigenvalue weighted by Gasteiger charge is -2.00. The highest BCUT2D eigenvalue weighted by atomic mass is 16.5. The predicted molar refractivity (Wildman–Crippen MR) is 56.1 cm³/mol. The predicted octanol–water partition coefficient (Wildman–Crippen LogP) is 3.70. The van der Waals surface area contributed by atoms with Gasteiger partial charge in [-0.3, -0.25) is 0 Å². The van der Waals surface area contributed by atoms with Crippen molar-refractivity contribution >= 4 is 0 Å². The molecule has 0 atom stereocenters. The van der Waals surface area contributed by atoms with E-state index >= 15 is 0 Å². The number of hydrogen-bond acceptors (Lipinski definition) is 1. The van der Waals surface area contributed by atoms with Gasteiger partial charge < -0.3 is 4.74 Å². The molecule has 0 heterocycles. The van der Waals surface area contributed by atoms with Crippen LogP contribution < -0.4 is 0 Å². The van der Waals surface area contributed by atoms with Crippen molar-refractivity contribution in [2.45, 2.75) is 27.7 Å². The maximum atomic E-state index is 5.10. The fourth-order valence-electron chi connectivity index (χ4n) is 0.540. The van der Waals surface area contributed by atoms with Crippen LogP contribution in [0.1, 0.15) is 27.7 Å². The van der Waals surface area contributed by atoms with Gasteiger partial charge in [-0.1, -0.05) is 33.1 Å². The molecule has 0 radical (unpaired) electrons. The molecule has 0 aromatic rings. The lowest BCUT2D eigenvalue weighted by molar-refractivity contribution is 0.244. The highest BCUT2D eigenvalue weighted by Gasteiger charge is 1.85. The second kappa shape index (κ2) is 10.0. The number of ether oxygens (including phenoxy) is 1. The van der Waals surface area contributed by atoms with E-state index in [1.165, 1.54) is 0 Å². The molecule has 0 saturated heterocycles. The minimum atomic E-state index is 0.666. The van der Waals surface area contributed by atoms with Gasteiger partial charge in [0.05, 0.1) is 6.61 Å². The highest BCUT2D eigenvalue weighted by Crippen LogP contribution is 2.01. The van der Waals surface area contributed by atoms with Crippen LogP contribution in [-0.4, -0.2) is 6.61 Å². The van der Waals surface area contributed by atoms with Gasteiger partial charge in [-0.05, 0) is 25.5 Å². The van der Waals surface area contributed by atoms with Crippen LogP contribution in [0.15, 0.2) is 36.6 Å². The standard InChI is InChI=1S/C9H14O.C2H6/c1-5-8(3)7-9(4)10-6-2;1-2/h5,7H,1,4,6H2,2-3H3;1-2H3/b8-7-;. The molecule has 0 N–H and O–H groups in total. The van der Waals surface area contributed by atoms with Gasteiger partial charge in [0.15, 0.2) is 0 Å². The zero-order valence-corrected chi connectivity index (χ0v) is 8.68. The maximum Gasteiger partial charge on any atom is 0.112 e. The molecule has 0 saturated carbocycles. The van der Waals surface area contributed by atoms with Crippen molar-refractivity contribution in [2.75, 3.05) is 6.61 Å². The first-order valence-electron chi connectivity index (χ1n) is 4.33. The summed E-state index contributed by atoms with van der Waals surface area (Å²) in [6.07, 6.45) is 3.63. The second-order valence-corrected chi connectivity index (χ2v) is 1.99. The molecule has 0 amide bonds. The molecule has 0 unspecified atom stereocenters. The van der Waals surface area contributed by atoms with Crippen LogP contribution in [0.4, 0.5) is 0 Å². The largest absolute Gasteiger partial charge is 0.495 e. The molecule has 0 aromatic heterocycles. The first-order chi connectivity index (χ1) is 5.70. The third-order valence-corrected chi connectivity index (χ3v) is 1.04. The summed E-state index contributed by atoms with van der Waals surface area (Å²) in [6, 6.07) is 0. The van der Waals surface area contributed by atoms with Gasteiger partial charge in [-0.2, -0.15) is 0 Å². The summed E-state index contributed by atoms with van der Waals surface area (Å²) < 4.78 is 5.10. The first-order valence-corrected chi connectivity index (χ1v) is 4.33. The molecular formula is C11H20O. The summed E-state index contributed by atoms with van der Waals surface area (Å²) in [5, 5.41) is 0. The summed E-state index contributed by atoms with van der Waals surface area (Å²) >= 11 is 0.